The van der Waals surface area contributed by atoms with E-state index in [1.807, 2.05) is 0 Å². The van der Waals surface area contributed by atoms with Crippen LogP contribution in [0, 0.1) is 5.92 Å². The molecule has 0 bridgehead atoms. The Balaban J connectivity index is 0.000000426. The SMILES string of the molecule is CC(O)CC(O)C(C)C(F)(F)F.O=C(O)c1ccccc1.O=C(O)c1ccccc1. The Hall–Kier alpha value is -2.91. The molecule has 0 aliphatic carbocycles. The lowest BCUT2D eigenvalue weighted by Crippen LogP contribution is -2.33. The van der Waals surface area contributed by atoms with Crippen LogP contribution in [0.15, 0.2) is 60.7 Å². The van der Waals surface area contributed by atoms with Gasteiger partial charge in [-0.3, -0.25) is 0 Å². The van der Waals surface area contributed by atoms with Gasteiger partial charge in [-0.1, -0.05) is 43.3 Å². The molecule has 9 heteroatoms. The van der Waals surface area contributed by atoms with E-state index in [1.165, 1.54) is 6.92 Å². The first-order valence-electron chi connectivity index (χ1n) is 8.85. The lowest BCUT2D eigenvalue weighted by molar-refractivity contribution is -0.196. The second kappa shape index (κ2) is 13.3. The predicted octanol–water partition coefficient (Wildman–Crippen LogP) is 4.09. The second-order valence-electron chi connectivity index (χ2n) is 6.32. The molecule has 0 saturated heterocycles. The van der Waals surface area contributed by atoms with Gasteiger partial charge in [0.1, 0.15) is 0 Å². The Morgan fingerprint density at radius 2 is 1.13 bits per heavy atom. The second-order valence-corrected chi connectivity index (χ2v) is 6.32. The molecule has 2 rings (SSSR count). The molecule has 6 nitrogen and oxygen atoms in total. The first-order valence-corrected chi connectivity index (χ1v) is 8.85. The van der Waals surface area contributed by atoms with Crippen LogP contribution in [0.2, 0.25) is 0 Å². The van der Waals surface area contributed by atoms with Gasteiger partial charge in [0.2, 0.25) is 0 Å². The molecule has 0 fully saturated rings. The Morgan fingerprint density at radius 1 is 0.800 bits per heavy atom. The Morgan fingerprint density at radius 3 is 1.33 bits per heavy atom. The van der Waals surface area contributed by atoms with Gasteiger partial charge < -0.3 is 20.4 Å². The van der Waals surface area contributed by atoms with Gasteiger partial charge in [-0.2, -0.15) is 13.2 Å². The van der Waals surface area contributed by atoms with E-state index in [4.69, 9.17) is 20.4 Å². The Labute approximate surface area is 172 Å². The van der Waals surface area contributed by atoms with E-state index < -0.39 is 36.2 Å². The van der Waals surface area contributed by atoms with Crippen molar-refractivity contribution in [3.63, 3.8) is 0 Å². The number of carbonyl (C=O) groups is 2. The van der Waals surface area contributed by atoms with Gasteiger partial charge >= 0.3 is 18.1 Å². The van der Waals surface area contributed by atoms with Crippen molar-refractivity contribution in [3.05, 3.63) is 71.8 Å². The van der Waals surface area contributed by atoms with E-state index in [9.17, 15) is 22.8 Å². The van der Waals surface area contributed by atoms with Gasteiger partial charge in [0.05, 0.1) is 29.3 Å². The minimum absolute atomic E-state index is 0.249. The molecule has 0 aromatic heterocycles. The maximum absolute atomic E-state index is 11.9. The number of benzene rings is 2. The summed E-state index contributed by atoms with van der Waals surface area (Å²) >= 11 is 0. The zero-order chi connectivity index (χ0) is 23.3. The molecular weight excluding hydrogens is 405 g/mol. The molecule has 0 amide bonds. The van der Waals surface area contributed by atoms with Crippen molar-refractivity contribution in [2.75, 3.05) is 0 Å². The molecule has 0 saturated carbocycles. The molecule has 4 N–H and O–H groups in total. The molecule has 0 aliphatic heterocycles. The fourth-order valence-corrected chi connectivity index (χ4v) is 1.93. The van der Waals surface area contributed by atoms with Gasteiger partial charge in [-0.05, 0) is 37.6 Å². The van der Waals surface area contributed by atoms with E-state index in [2.05, 4.69) is 0 Å². The number of rotatable bonds is 5. The lowest BCUT2D eigenvalue weighted by atomic mass is 9.99. The maximum Gasteiger partial charge on any atom is 0.394 e. The highest BCUT2D eigenvalue weighted by molar-refractivity contribution is 5.87. The summed E-state index contributed by atoms with van der Waals surface area (Å²) in [5.41, 5.74) is 0.662. The van der Waals surface area contributed by atoms with Crippen LogP contribution in [0.1, 0.15) is 41.0 Å². The first-order chi connectivity index (χ1) is 13.9. The third-order valence-corrected chi connectivity index (χ3v) is 3.72. The maximum atomic E-state index is 11.9. The molecule has 0 spiro atoms. The summed E-state index contributed by atoms with van der Waals surface area (Å²) in [6, 6.07) is 16.6. The highest BCUT2D eigenvalue weighted by atomic mass is 19.4. The first kappa shape index (κ1) is 27.1. The topological polar surface area (TPSA) is 115 Å². The fourth-order valence-electron chi connectivity index (χ4n) is 1.93. The van der Waals surface area contributed by atoms with Crippen molar-refractivity contribution in [2.24, 2.45) is 5.92 Å². The van der Waals surface area contributed by atoms with E-state index in [0.717, 1.165) is 6.92 Å². The summed E-state index contributed by atoms with van der Waals surface area (Å²) in [6.45, 7) is 2.24. The van der Waals surface area contributed by atoms with Gasteiger partial charge in [0, 0.05) is 0 Å². The summed E-state index contributed by atoms with van der Waals surface area (Å²) in [5.74, 6) is -3.54. The van der Waals surface area contributed by atoms with Crippen LogP contribution in [-0.4, -0.2) is 50.7 Å². The van der Waals surface area contributed by atoms with Crippen LogP contribution in [0.5, 0.6) is 0 Å². The Bertz CT molecular complexity index is 699. The van der Waals surface area contributed by atoms with Crippen LogP contribution in [0.4, 0.5) is 13.2 Å². The average Bonchev–Trinajstić information content (AvgIpc) is 2.68. The number of carboxylic acids is 2. The lowest BCUT2D eigenvalue weighted by Gasteiger charge is -2.22. The van der Waals surface area contributed by atoms with Gasteiger partial charge in [0.25, 0.3) is 0 Å². The van der Waals surface area contributed by atoms with Crippen molar-refractivity contribution in [1.82, 2.24) is 0 Å². The number of aliphatic hydroxyl groups is 2. The van der Waals surface area contributed by atoms with Crippen LogP contribution in [0.3, 0.4) is 0 Å². The monoisotopic (exact) mass is 430 g/mol. The molecule has 30 heavy (non-hydrogen) atoms. The van der Waals surface area contributed by atoms with E-state index in [-0.39, 0.29) is 6.42 Å². The van der Waals surface area contributed by atoms with Gasteiger partial charge in [-0.15, -0.1) is 0 Å². The van der Waals surface area contributed by atoms with Crippen molar-refractivity contribution < 1.29 is 43.2 Å². The summed E-state index contributed by atoms with van der Waals surface area (Å²) in [6.07, 6.45) is -7.08. The highest BCUT2D eigenvalue weighted by Crippen LogP contribution is 2.29. The van der Waals surface area contributed by atoms with Crippen LogP contribution < -0.4 is 0 Å². The summed E-state index contributed by atoms with van der Waals surface area (Å²) in [7, 11) is 0. The fraction of sp³-hybridized carbons (Fsp3) is 0.333. The number of alkyl halides is 3. The number of carboxylic acid groups (broad SMARTS) is 2. The van der Waals surface area contributed by atoms with Crippen LogP contribution in [0.25, 0.3) is 0 Å². The van der Waals surface area contributed by atoms with Crippen molar-refractivity contribution in [1.29, 1.82) is 0 Å². The number of aliphatic hydroxyl groups excluding tert-OH is 2. The van der Waals surface area contributed by atoms with Gasteiger partial charge in [0.15, 0.2) is 0 Å². The number of aromatic carboxylic acids is 2. The average molecular weight is 430 g/mol. The molecule has 166 valence electrons. The third kappa shape index (κ3) is 11.8. The molecule has 3 unspecified atom stereocenters. The quantitative estimate of drug-likeness (QED) is 0.568. The van der Waals surface area contributed by atoms with E-state index >= 15 is 0 Å². The normalized spacial score (nSPS) is 13.4. The molecule has 0 aliphatic rings. The molecule has 0 heterocycles. The largest absolute Gasteiger partial charge is 0.478 e. The third-order valence-electron chi connectivity index (χ3n) is 3.72. The smallest absolute Gasteiger partial charge is 0.394 e. The Kier molecular flexibility index (Phi) is 12.0. The molecular formula is C21H25F3O6. The molecule has 2 aromatic carbocycles. The van der Waals surface area contributed by atoms with E-state index in [0.29, 0.717) is 11.1 Å². The van der Waals surface area contributed by atoms with Crippen LogP contribution >= 0.6 is 0 Å². The van der Waals surface area contributed by atoms with Crippen molar-refractivity contribution >= 4 is 11.9 Å². The summed E-state index contributed by atoms with van der Waals surface area (Å²) in [4.78, 5) is 20.4. The standard InChI is InChI=1S/C7H13F3O2.2C7H6O2/c1-4(11)3-6(12)5(2)7(8,9)10;2*8-7(9)6-4-2-1-3-5-6/h4-6,11-12H,3H2,1-2H3;2*1-5H,(H,8,9). The summed E-state index contributed by atoms with van der Waals surface area (Å²) in [5, 5.41) is 34.4. The van der Waals surface area contributed by atoms with E-state index in [1.54, 1.807) is 60.7 Å². The zero-order valence-corrected chi connectivity index (χ0v) is 16.5. The van der Waals surface area contributed by atoms with Crippen molar-refractivity contribution in [3.8, 4) is 0 Å². The minimum atomic E-state index is -4.39. The number of halogens is 3. The zero-order valence-electron chi connectivity index (χ0n) is 16.5. The predicted molar refractivity (Wildman–Crippen MR) is 104 cm³/mol. The highest BCUT2D eigenvalue weighted by Gasteiger charge is 2.40. The molecule has 2 aromatic rings. The number of hydrogen-bond donors (Lipinski definition) is 4. The number of hydrogen-bond acceptors (Lipinski definition) is 4. The van der Waals surface area contributed by atoms with Gasteiger partial charge in [-0.25, -0.2) is 9.59 Å². The minimum Gasteiger partial charge on any atom is -0.478 e. The molecule has 0 radical (unpaired) electrons. The molecule has 3 atom stereocenters. The van der Waals surface area contributed by atoms with Crippen LogP contribution in [-0.2, 0) is 0 Å². The van der Waals surface area contributed by atoms with Crippen molar-refractivity contribution in [2.45, 2.75) is 38.7 Å². The summed E-state index contributed by atoms with van der Waals surface area (Å²) < 4.78 is 35.7.